The Morgan fingerprint density at radius 3 is 2.76 bits per heavy atom. The van der Waals surface area contributed by atoms with Crippen molar-refractivity contribution in [1.29, 1.82) is 0 Å². The minimum absolute atomic E-state index is 0.00231. The first-order chi connectivity index (χ1) is 16.0. The highest BCUT2D eigenvalue weighted by Crippen LogP contribution is 2.28. The summed E-state index contributed by atoms with van der Waals surface area (Å²) < 4.78 is 32.4. The number of hydrogen-bond donors (Lipinski definition) is 2. The second-order valence-corrected chi connectivity index (χ2v) is 7.71. The van der Waals surface area contributed by atoms with E-state index in [9.17, 15) is 13.6 Å². The summed E-state index contributed by atoms with van der Waals surface area (Å²) in [5.74, 6) is -0.751. The van der Waals surface area contributed by atoms with Crippen LogP contribution in [0.3, 0.4) is 0 Å². The maximum absolute atomic E-state index is 13.8. The molecule has 1 aliphatic rings. The molecule has 2 heterocycles. The Morgan fingerprint density at radius 2 is 2.00 bits per heavy atom. The van der Waals surface area contributed by atoms with E-state index in [2.05, 4.69) is 22.2 Å². The van der Waals surface area contributed by atoms with Gasteiger partial charge in [-0.05, 0) is 55.0 Å². The zero-order chi connectivity index (χ0) is 23.2. The fraction of sp³-hybridized carbons (Fsp3) is 0.200. The van der Waals surface area contributed by atoms with Crippen molar-refractivity contribution in [1.82, 2.24) is 9.88 Å². The summed E-state index contributed by atoms with van der Waals surface area (Å²) in [7, 11) is 0. The number of nitrogens with one attached hydrogen (secondary N) is 2. The van der Waals surface area contributed by atoms with Crippen LogP contribution in [0.15, 0.2) is 73.6 Å². The molecule has 33 heavy (non-hydrogen) atoms. The average Bonchev–Trinajstić information content (AvgIpc) is 3.29. The number of rotatable bonds is 8. The van der Waals surface area contributed by atoms with Gasteiger partial charge in [0.15, 0.2) is 0 Å². The summed E-state index contributed by atoms with van der Waals surface area (Å²) in [6.45, 7) is 4.86. The molecule has 1 atom stereocenters. The predicted octanol–water partition coefficient (Wildman–Crippen LogP) is 4.88. The quantitative estimate of drug-likeness (QED) is 0.479. The smallest absolute Gasteiger partial charge is 0.246 e. The van der Waals surface area contributed by atoms with Crippen molar-refractivity contribution < 1.29 is 18.3 Å². The number of carbonyl (C=O) groups is 1. The van der Waals surface area contributed by atoms with Crippen molar-refractivity contribution in [2.75, 3.05) is 23.7 Å². The molecule has 4 rings (SSSR count). The third kappa shape index (κ3) is 5.65. The largest absolute Gasteiger partial charge is 0.489 e. The number of nitrogens with zero attached hydrogens (tertiary/aromatic N) is 2. The molecule has 1 aliphatic heterocycles. The Bertz CT molecular complexity index is 1140. The van der Waals surface area contributed by atoms with Gasteiger partial charge in [0.2, 0.25) is 5.91 Å². The fourth-order valence-corrected chi connectivity index (χ4v) is 3.64. The molecule has 0 aliphatic carbocycles. The second kappa shape index (κ2) is 10.1. The van der Waals surface area contributed by atoms with E-state index in [1.165, 1.54) is 18.2 Å². The normalized spacial score (nSPS) is 15.2. The highest BCUT2D eigenvalue weighted by atomic mass is 19.1. The lowest BCUT2D eigenvalue weighted by Crippen LogP contribution is -2.30. The van der Waals surface area contributed by atoms with E-state index < -0.39 is 11.6 Å². The molecule has 1 fully saturated rings. The molecule has 0 saturated carbocycles. The van der Waals surface area contributed by atoms with E-state index in [0.29, 0.717) is 18.8 Å². The summed E-state index contributed by atoms with van der Waals surface area (Å²) in [4.78, 5) is 17.8. The third-order valence-corrected chi connectivity index (χ3v) is 5.40. The summed E-state index contributed by atoms with van der Waals surface area (Å²) in [6.07, 6.45) is 5.62. The summed E-state index contributed by atoms with van der Waals surface area (Å²) in [5.41, 5.74) is 2.79. The van der Waals surface area contributed by atoms with Crippen molar-refractivity contribution >= 4 is 23.0 Å². The predicted molar refractivity (Wildman–Crippen MR) is 123 cm³/mol. The molecule has 0 radical (unpaired) electrons. The van der Waals surface area contributed by atoms with E-state index in [1.807, 2.05) is 18.2 Å². The number of halogens is 2. The average molecular weight is 450 g/mol. The van der Waals surface area contributed by atoms with Crippen LogP contribution in [0, 0.1) is 11.6 Å². The van der Waals surface area contributed by atoms with E-state index in [0.717, 1.165) is 29.5 Å². The topological polar surface area (TPSA) is 66.5 Å². The van der Waals surface area contributed by atoms with Crippen LogP contribution in [0.2, 0.25) is 0 Å². The van der Waals surface area contributed by atoms with E-state index in [1.54, 1.807) is 29.4 Å². The van der Waals surface area contributed by atoms with Crippen LogP contribution in [0.4, 0.5) is 25.8 Å². The molecule has 1 aromatic heterocycles. The maximum atomic E-state index is 13.8. The second-order valence-electron chi connectivity index (χ2n) is 7.71. The zero-order valence-electron chi connectivity index (χ0n) is 17.9. The number of hydrogen-bond acceptors (Lipinski definition) is 5. The molecule has 1 saturated heterocycles. The first-order valence-corrected chi connectivity index (χ1v) is 10.6. The monoisotopic (exact) mass is 450 g/mol. The molecular formula is C25H24F2N4O2. The molecule has 6 nitrogen and oxygen atoms in total. The van der Waals surface area contributed by atoms with Crippen LogP contribution >= 0.6 is 0 Å². The zero-order valence-corrected chi connectivity index (χ0v) is 17.9. The lowest BCUT2D eigenvalue weighted by molar-refractivity contribution is -0.125. The molecule has 2 N–H and O–H groups in total. The van der Waals surface area contributed by atoms with Gasteiger partial charge in [-0.15, -0.1) is 0 Å². The molecule has 1 amide bonds. The molecule has 1 unspecified atom stereocenters. The van der Waals surface area contributed by atoms with Gasteiger partial charge in [-0.1, -0.05) is 6.58 Å². The molecule has 170 valence electrons. The molecule has 2 aromatic carbocycles. The first-order valence-electron chi connectivity index (χ1n) is 10.6. The lowest BCUT2D eigenvalue weighted by Gasteiger charge is -2.19. The Morgan fingerprint density at radius 1 is 1.18 bits per heavy atom. The van der Waals surface area contributed by atoms with Crippen LogP contribution in [0.25, 0.3) is 0 Å². The summed E-state index contributed by atoms with van der Waals surface area (Å²) in [5, 5.41) is 6.81. The summed E-state index contributed by atoms with van der Waals surface area (Å²) in [6, 6.07) is 12.6. The van der Waals surface area contributed by atoms with E-state index in [4.69, 9.17) is 4.74 Å². The highest BCUT2D eigenvalue weighted by molar-refractivity contribution is 5.87. The van der Waals surface area contributed by atoms with Gasteiger partial charge in [0.05, 0.1) is 17.6 Å². The van der Waals surface area contributed by atoms with Gasteiger partial charge >= 0.3 is 0 Å². The minimum atomic E-state index is -0.635. The SMILES string of the molecule is C=CC(=O)N1CCC(Nc2ccncc2Nc2ccc(OCc3ccc(F)cc3F)cc2)C1. The third-order valence-electron chi connectivity index (χ3n) is 5.40. The maximum Gasteiger partial charge on any atom is 0.246 e. The van der Waals surface area contributed by atoms with Crippen molar-refractivity contribution in [2.45, 2.75) is 19.1 Å². The van der Waals surface area contributed by atoms with Crippen molar-refractivity contribution in [3.63, 3.8) is 0 Å². The Hall–Kier alpha value is -3.94. The summed E-state index contributed by atoms with van der Waals surface area (Å²) >= 11 is 0. The van der Waals surface area contributed by atoms with Gasteiger partial charge in [0.1, 0.15) is 24.0 Å². The van der Waals surface area contributed by atoms with Gasteiger partial charge in [-0.2, -0.15) is 0 Å². The number of carbonyl (C=O) groups excluding carboxylic acids is 1. The van der Waals surface area contributed by atoms with Gasteiger partial charge in [-0.25, -0.2) is 8.78 Å². The van der Waals surface area contributed by atoms with Crippen molar-refractivity contribution in [2.24, 2.45) is 0 Å². The van der Waals surface area contributed by atoms with Crippen molar-refractivity contribution in [3.05, 3.63) is 90.8 Å². The first kappa shape index (κ1) is 22.3. The Labute approximate surface area is 190 Å². The Balaban J connectivity index is 1.36. The van der Waals surface area contributed by atoms with Gasteiger partial charge < -0.3 is 20.3 Å². The molecule has 3 aromatic rings. The number of benzene rings is 2. The van der Waals surface area contributed by atoms with E-state index >= 15 is 0 Å². The van der Waals surface area contributed by atoms with Gasteiger partial charge in [0.25, 0.3) is 0 Å². The van der Waals surface area contributed by atoms with Gasteiger partial charge in [-0.3, -0.25) is 9.78 Å². The molecular weight excluding hydrogens is 426 g/mol. The molecule has 0 bridgehead atoms. The number of ether oxygens (including phenoxy) is 1. The van der Waals surface area contributed by atoms with Crippen LogP contribution in [0.5, 0.6) is 5.75 Å². The fourth-order valence-electron chi connectivity index (χ4n) is 3.64. The van der Waals surface area contributed by atoms with Crippen molar-refractivity contribution in [3.8, 4) is 5.75 Å². The van der Waals surface area contributed by atoms with Crippen LogP contribution in [-0.2, 0) is 11.4 Å². The van der Waals surface area contributed by atoms with E-state index in [-0.39, 0.29) is 24.1 Å². The lowest BCUT2D eigenvalue weighted by atomic mass is 10.2. The number of anilines is 3. The van der Waals surface area contributed by atoms with Crippen LogP contribution in [0.1, 0.15) is 12.0 Å². The van der Waals surface area contributed by atoms with Crippen LogP contribution < -0.4 is 15.4 Å². The number of likely N-dealkylation sites (tertiary alicyclic amines) is 1. The highest BCUT2D eigenvalue weighted by Gasteiger charge is 2.25. The number of amides is 1. The van der Waals surface area contributed by atoms with Crippen LogP contribution in [-0.4, -0.2) is 34.9 Å². The Kier molecular flexibility index (Phi) is 6.83. The number of pyridine rings is 1. The molecule has 8 heteroatoms. The van der Waals surface area contributed by atoms with Gasteiger partial charge in [0, 0.05) is 42.6 Å². The number of aromatic nitrogens is 1. The standard InChI is InChI=1S/C25H24F2N4O2/c1-2-25(32)31-12-10-20(15-31)30-23-9-11-28-14-24(23)29-19-5-7-21(8-6-19)33-16-17-3-4-18(26)13-22(17)27/h2-9,11,13-14,20,29H,1,10,12,15-16H2,(H,28,30). The molecule has 0 spiro atoms. The minimum Gasteiger partial charge on any atom is -0.489 e.